The number of hydrogen-bond acceptors (Lipinski definition) is 6. The van der Waals surface area contributed by atoms with Gasteiger partial charge in [-0.15, -0.1) is 0 Å². The number of nitrogens with zero attached hydrogens (tertiary/aromatic N) is 1. The van der Waals surface area contributed by atoms with Crippen LogP contribution in [0, 0.1) is 11.6 Å². The Balaban J connectivity index is 1.69. The molecule has 2 heterocycles. The fraction of sp³-hybridized carbons (Fsp3) is 0.296. The van der Waals surface area contributed by atoms with Gasteiger partial charge in [0.1, 0.15) is 30.0 Å². The molecule has 9 nitrogen and oxygen atoms in total. The van der Waals surface area contributed by atoms with Gasteiger partial charge in [0.25, 0.3) is 5.91 Å². The average Bonchev–Trinajstić information content (AvgIpc) is 2.88. The molecule has 1 saturated heterocycles. The van der Waals surface area contributed by atoms with Crippen molar-refractivity contribution in [2.45, 2.75) is 45.3 Å². The highest BCUT2D eigenvalue weighted by atomic mass is 19.1. The van der Waals surface area contributed by atoms with E-state index in [0.29, 0.717) is 18.2 Å². The van der Waals surface area contributed by atoms with Crippen LogP contribution in [0.4, 0.5) is 8.78 Å². The first-order valence-electron chi connectivity index (χ1n) is 12.0. The minimum absolute atomic E-state index is 0.0107. The van der Waals surface area contributed by atoms with Crippen molar-refractivity contribution < 1.29 is 33.0 Å². The molecule has 1 amide bonds. The molecule has 0 saturated carbocycles. The number of rotatable bonds is 9. The molecule has 3 N–H and O–H groups in total. The van der Waals surface area contributed by atoms with Gasteiger partial charge in [-0.1, -0.05) is 36.4 Å². The normalized spacial score (nSPS) is 17.1. The van der Waals surface area contributed by atoms with Gasteiger partial charge in [-0.05, 0) is 25.0 Å². The average molecular weight is 528 g/mol. The van der Waals surface area contributed by atoms with Crippen LogP contribution in [0.1, 0.15) is 45.3 Å². The molecule has 200 valence electrons. The van der Waals surface area contributed by atoms with Crippen molar-refractivity contribution in [3.63, 3.8) is 0 Å². The number of aromatic nitrogens is 1. The van der Waals surface area contributed by atoms with Gasteiger partial charge in [0.2, 0.25) is 5.43 Å². The van der Waals surface area contributed by atoms with Crippen LogP contribution in [-0.4, -0.2) is 40.4 Å². The lowest BCUT2D eigenvalue weighted by molar-refractivity contribution is -0.0249. The van der Waals surface area contributed by atoms with Gasteiger partial charge >= 0.3 is 5.97 Å². The second kappa shape index (κ2) is 12.0. The molecule has 0 spiro atoms. The number of carbonyl (C=O) groups excluding carboxylic acids is 1. The van der Waals surface area contributed by atoms with Crippen LogP contribution < -0.4 is 20.8 Å². The number of amides is 1. The lowest BCUT2D eigenvalue weighted by atomic mass is 10.1. The summed E-state index contributed by atoms with van der Waals surface area (Å²) >= 11 is 0. The summed E-state index contributed by atoms with van der Waals surface area (Å²) in [6.07, 6.45) is 1.32. The Morgan fingerprint density at radius 1 is 1.21 bits per heavy atom. The van der Waals surface area contributed by atoms with Crippen molar-refractivity contribution in [2.75, 3.05) is 6.61 Å². The predicted octanol–water partition coefficient (Wildman–Crippen LogP) is 3.06. The Kier molecular flexibility index (Phi) is 8.49. The molecule has 0 radical (unpaired) electrons. The predicted molar refractivity (Wildman–Crippen MR) is 133 cm³/mol. The molecule has 11 heteroatoms. The number of hydrogen-bond donors (Lipinski definition) is 3. The Hall–Kier alpha value is -4.09. The van der Waals surface area contributed by atoms with Crippen LogP contribution in [0.3, 0.4) is 0 Å². The smallest absolute Gasteiger partial charge is 0.356 e. The monoisotopic (exact) mass is 527 g/mol. The van der Waals surface area contributed by atoms with Gasteiger partial charge in [-0.25, -0.2) is 13.6 Å². The number of carboxylic acids is 1. The van der Waals surface area contributed by atoms with E-state index in [1.54, 1.807) is 30.3 Å². The minimum atomic E-state index is -1.42. The van der Waals surface area contributed by atoms with E-state index in [9.17, 15) is 28.3 Å². The Morgan fingerprint density at radius 3 is 2.66 bits per heavy atom. The van der Waals surface area contributed by atoms with Gasteiger partial charge in [0, 0.05) is 30.4 Å². The first kappa shape index (κ1) is 27.0. The van der Waals surface area contributed by atoms with E-state index in [1.165, 1.54) is 10.6 Å². The zero-order valence-corrected chi connectivity index (χ0v) is 20.6. The van der Waals surface area contributed by atoms with E-state index in [4.69, 9.17) is 9.47 Å². The number of ether oxygens (including phenoxy) is 2. The van der Waals surface area contributed by atoms with Crippen molar-refractivity contribution in [3.05, 3.63) is 99.0 Å². The largest absolute Gasteiger partial charge is 0.482 e. The first-order valence-corrected chi connectivity index (χ1v) is 12.0. The lowest BCUT2D eigenvalue weighted by Crippen LogP contribution is -2.47. The molecule has 2 aromatic carbocycles. The number of carboxylic acid groups (broad SMARTS) is 1. The lowest BCUT2D eigenvalue weighted by Gasteiger charge is -2.30. The highest BCUT2D eigenvalue weighted by molar-refractivity contribution is 5.96. The second-order valence-electron chi connectivity index (χ2n) is 8.92. The van der Waals surface area contributed by atoms with Crippen molar-refractivity contribution in [2.24, 2.45) is 0 Å². The maximum absolute atomic E-state index is 14.0. The van der Waals surface area contributed by atoms with Crippen LogP contribution >= 0.6 is 0 Å². The summed E-state index contributed by atoms with van der Waals surface area (Å²) in [6, 6.07) is 11.8. The molecule has 1 fully saturated rings. The molecule has 0 bridgehead atoms. The summed E-state index contributed by atoms with van der Waals surface area (Å²) in [6.45, 7) is 1.95. The third-order valence-corrected chi connectivity index (χ3v) is 6.07. The standard InChI is InChI=1S/C27H27F2N3O6/c1-16-9-10-37-22(31-16)14-32-13-20(26(34)30-12-18-7-8-19(28)11-21(18)29)24(33)25(23(32)27(35)36)38-15-17-5-3-2-4-6-17/h2-8,11,13,16,22,31H,9-10,12,14-15H2,1H3,(H,30,34)(H,35,36)/t16-,22-/m0/s1. The molecule has 0 unspecified atom stereocenters. The molecular formula is C27H27F2N3O6. The van der Waals surface area contributed by atoms with E-state index in [2.05, 4.69) is 10.6 Å². The molecular weight excluding hydrogens is 500 g/mol. The van der Waals surface area contributed by atoms with Crippen LogP contribution in [0.5, 0.6) is 5.75 Å². The molecule has 1 aromatic heterocycles. The van der Waals surface area contributed by atoms with E-state index >= 15 is 0 Å². The summed E-state index contributed by atoms with van der Waals surface area (Å²) < 4.78 is 39.9. The quantitative estimate of drug-likeness (QED) is 0.391. The first-order chi connectivity index (χ1) is 18.2. The van der Waals surface area contributed by atoms with Gasteiger partial charge < -0.3 is 24.5 Å². The van der Waals surface area contributed by atoms with Crippen molar-refractivity contribution >= 4 is 11.9 Å². The second-order valence-corrected chi connectivity index (χ2v) is 8.92. The fourth-order valence-electron chi connectivity index (χ4n) is 4.08. The minimum Gasteiger partial charge on any atom is -0.482 e. The van der Waals surface area contributed by atoms with Crippen molar-refractivity contribution in [1.82, 2.24) is 15.2 Å². The number of halogens is 2. The maximum atomic E-state index is 14.0. The number of nitrogens with one attached hydrogen (secondary N) is 2. The zero-order valence-electron chi connectivity index (χ0n) is 20.6. The molecule has 38 heavy (non-hydrogen) atoms. The summed E-state index contributed by atoms with van der Waals surface area (Å²) in [5, 5.41) is 15.7. The Morgan fingerprint density at radius 2 is 1.97 bits per heavy atom. The molecule has 4 rings (SSSR count). The molecule has 3 aromatic rings. The van der Waals surface area contributed by atoms with Gasteiger partial charge in [-0.3, -0.25) is 14.9 Å². The van der Waals surface area contributed by atoms with Gasteiger partial charge in [0.15, 0.2) is 11.4 Å². The molecule has 0 aliphatic carbocycles. The van der Waals surface area contributed by atoms with E-state index < -0.39 is 52.2 Å². The van der Waals surface area contributed by atoms with Gasteiger partial charge in [0.05, 0.1) is 13.2 Å². The van der Waals surface area contributed by atoms with Gasteiger partial charge in [-0.2, -0.15) is 0 Å². The van der Waals surface area contributed by atoms with Crippen molar-refractivity contribution in [3.8, 4) is 5.75 Å². The number of carbonyl (C=O) groups is 2. The highest BCUT2D eigenvalue weighted by Crippen LogP contribution is 2.20. The third kappa shape index (κ3) is 6.42. The summed E-state index contributed by atoms with van der Waals surface area (Å²) in [7, 11) is 0. The third-order valence-electron chi connectivity index (χ3n) is 6.07. The van der Waals surface area contributed by atoms with Crippen LogP contribution in [0.15, 0.2) is 59.5 Å². The highest BCUT2D eigenvalue weighted by Gasteiger charge is 2.28. The van der Waals surface area contributed by atoms with Crippen LogP contribution in [-0.2, 0) is 24.4 Å². The Labute approximate surface area is 217 Å². The van der Waals surface area contributed by atoms with Crippen LogP contribution in [0.2, 0.25) is 0 Å². The molecule has 1 aliphatic heterocycles. The topological polar surface area (TPSA) is 119 Å². The Bertz CT molecular complexity index is 1380. The number of aromatic carboxylic acids is 1. The summed E-state index contributed by atoms with van der Waals surface area (Å²) in [4.78, 5) is 38.7. The summed E-state index contributed by atoms with van der Waals surface area (Å²) in [5.74, 6) is -4.43. The fourth-order valence-corrected chi connectivity index (χ4v) is 4.08. The SMILES string of the molecule is C[C@H]1CCO[C@@H](Cn2cc(C(=O)NCc3ccc(F)cc3F)c(=O)c(OCc3ccccc3)c2C(=O)O)N1. The van der Waals surface area contributed by atoms with E-state index in [-0.39, 0.29) is 31.3 Å². The zero-order chi connectivity index (χ0) is 27.2. The number of pyridine rings is 1. The van der Waals surface area contributed by atoms with Crippen LogP contribution in [0.25, 0.3) is 0 Å². The van der Waals surface area contributed by atoms with E-state index in [0.717, 1.165) is 18.7 Å². The maximum Gasteiger partial charge on any atom is 0.356 e. The molecule has 1 aliphatic rings. The number of benzene rings is 2. The van der Waals surface area contributed by atoms with Crippen molar-refractivity contribution in [1.29, 1.82) is 0 Å². The summed E-state index contributed by atoms with van der Waals surface area (Å²) in [5.41, 5.74) is -1.07. The van der Waals surface area contributed by atoms with E-state index in [1.807, 2.05) is 6.92 Å². The molecule has 2 atom stereocenters.